The van der Waals surface area contributed by atoms with E-state index in [0.717, 1.165) is 12.8 Å². The molecule has 0 aromatic heterocycles. The first-order valence-electron chi connectivity index (χ1n) is 5.65. The van der Waals surface area contributed by atoms with E-state index < -0.39 is 5.60 Å². The Balaban J connectivity index is 2.21. The van der Waals surface area contributed by atoms with Crippen molar-refractivity contribution in [2.75, 3.05) is 0 Å². The highest BCUT2D eigenvalue weighted by molar-refractivity contribution is 5.73. The van der Waals surface area contributed by atoms with Gasteiger partial charge in [0.05, 0.1) is 0 Å². The molecule has 16 heavy (non-hydrogen) atoms. The minimum Gasteiger partial charge on any atom is -0.440 e. The van der Waals surface area contributed by atoms with E-state index in [1.807, 2.05) is 19.1 Å². The summed E-state index contributed by atoms with van der Waals surface area (Å²) in [6.45, 7) is 4.07. The van der Waals surface area contributed by atoms with Crippen molar-refractivity contribution < 1.29 is 9.53 Å². The maximum Gasteiger partial charge on any atom is 0.408 e. The lowest BCUT2D eigenvalue weighted by Crippen LogP contribution is -2.53. The number of aryl methyl sites for hydroxylation is 1. The van der Waals surface area contributed by atoms with Crippen LogP contribution in [0.1, 0.15) is 31.4 Å². The molecule has 1 N–H and O–H groups in total. The van der Waals surface area contributed by atoms with Crippen molar-refractivity contribution in [2.24, 2.45) is 0 Å². The summed E-state index contributed by atoms with van der Waals surface area (Å²) in [6, 6.07) is 8.27. The van der Waals surface area contributed by atoms with Gasteiger partial charge >= 0.3 is 6.09 Å². The van der Waals surface area contributed by atoms with E-state index in [1.54, 1.807) is 0 Å². The average molecular weight is 217 g/mol. The fraction of sp³-hybridized carbons (Fsp3) is 0.462. The zero-order valence-electron chi connectivity index (χ0n) is 9.54. The van der Waals surface area contributed by atoms with Crippen LogP contribution in [-0.4, -0.2) is 11.7 Å². The molecule has 2 atom stereocenters. The first-order chi connectivity index (χ1) is 7.55. The van der Waals surface area contributed by atoms with Crippen molar-refractivity contribution in [1.29, 1.82) is 0 Å². The molecule has 1 aliphatic carbocycles. The fourth-order valence-electron chi connectivity index (χ4n) is 2.92. The number of carbonyl (C=O) groups excluding carboxylic acids is 1. The number of amides is 1. The quantitative estimate of drug-likeness (QED) is 0.724. The SMILES string of the molecule is C[C@@]12NC(=O)O[C@@]1(C)CCc1ccccc12. The molecule has 1 aromatic rings. The van der Waals surface area contributed by atoms with Crippen LogP contribution in [0.25, 0.3) is 0 Å². The molecule has 1 heterocycles. The summed E-state index contributed by atoms with van der Waals surface area (Å²) >= 11 is 0. The smallest absolute Gasteiger partial charge is 0.408 e. The molecule has 2 aliphatic rings. The molecule has 0 radical (unpaired) electrons. The molecule has 1 aliphatic heterocycles. The van der Waals surface area contributed by atoms with Gasteiger partial charge in [-0.25, -0.2) is 4.79 Å². The highest BCUT2D eigenvalue weighted by Gasteiger charge is 2.57. The van der Waals surface area contributed by atoms with Crippen LogP contribution in [0, 0.1) is 0 Å². The van der Waals surface area contributed by atoms with Crippen LogP contribution in [0.2, 0.25) is 0 Å². The Kier molecular flexibility index (Phi) is 1.69. The molecule has 0 spiro atoms. The Morgan fingerprint density at radius 1 is 1.31 bits per heavy atom. The second kappa shape index (κ2) is 2.78. The van der Waals surface area contributed by atoms with E-state index in [9.17, 15) is 4.79 Å². The zero-order valence-corrected chi connectivity index (χ0v) is 9.54. The number of hydrogen-bond donors (Lipinski definition) is 1. The second-order valence-corrected chi connectivity index (χ2v) is 5.03. The van der Waals surface area contributed by atoms with Gasteiger partial charge in [0.1, 0.15) is 11.1 Å². The average Bonchev–Trinajstić information content (AvgIpc) is 2.49. The first kappa shape index (κ1) is 9.70. The van der Waals surface area contributed by atoms with Gasteiger partial charge in [-0.2, -0.15) is 0 Å². The van der Waals surface area contributed by atoms with Gasteiger partial charge in [0.15, 0.2) is 0 Å². The van der Waals surface area contributed by atoms with Crippen molar-refractivity contribution in [3.63, 3.8) is 0 Å². The van der Waals surface area contributed by atoms with Crippen molar-refractivity contribution >= 4 is 6.09 Å². The third kappa shape index (κ3) is 1.01. The molecule has 3 nitrogen and oxygen atoms in total. The molecule has 1 saturated heterocycles. The van der Waals surface area contributed by atoms with Gasteiger partial charge in [0.2, 0.25) is 0 Å². The minimum absolute atomic E-state index is 0.304. The van der Waals surface area contributed by atoms with Crippen LogP contribution in [0.3, 0.4) is 0 Å². The van der Waals surface area contributed by atoms with Gasteiger partial charge in [0, 0.05) is 0 Å². The summed E-state index contributed by atoms with van der Waals surface area (Å²) in [5.74, 6) is 0. The van der Waals surface area contributed by atoms with Crippen LogP contribution >= 0.6 is 0 Å². The van der Waals surface area contributed by atoms with Crippen LogP contribution in [0.15, 0.2) is 24.3 Å². The Morgan fingerprint density at radius 2 is 2.06 bits per heavy atom. The highest BCUT2D eigenvalue weighted by atomic mass is 16.6. The zero-order chi connectivity index (χ0) is 11.4. The first-order valence-corrected chi connectivity index (χ1v) is 5.65. The summed E-state index contributed by atoms with van der Waals surface area (Å²) in [6.07, 6.45) is 1.54. The number of carbonyl (C=O) groups is 1. The molecular formula is C13H15NO2. The number of rotatable bonds is 0. The molecule has 0 saturated carbocycles. The minimum atomic E-state index is -0.418. The van der Waals surface area contributed by atoms with E-state index in [0.29, 0.717) is 0 Å². The van der Waals surface area contributed by atoms with Gasteiger partial charge in [-0.15, -0.1) is 0 Å². The predicted octanol–water partition coefficient (Wildman–Crippen LogP) is 2.35. The molecule has 3 rings (SSSR count). The van der Waals surface area contributed by atoms with Crippen LogP contribution in [-0.2, 0) is 16.7 Å². The Bertz CT molecular complexity index is 471. The monoisotopic (exact) mass is 217 g/mol. The topological polar surface area (TPSA) is 38.3 Å². The molecule has 1 aromatic carbocycles. The lowest BCUT2D eigenvalue weighted by Gasteiger charge is -2.42. The maximum atomic E-state index is 11.5. The molecule has 3 heteroatoms. The predicted molar refractivity (Wildman–Crippen MR) is 60.1 cm³/mol. The van der Waals surface area contributed by atoms with Gasteiger partial charge in [-0.1, -0.05) is 24.3 Å². The lowest BCUT2D eigenvalue weighted by molar-refractivity contribution is 0.00603. The van der Waals surface area contributed by atoms with E-state index >= 15 is 0 Å². The summed E-state index contributed by atoms with van der Waals surface area (Å²) in [5.41, 5.74) is 1.69. The summed E-state index contributed by atoms with van der Waals surface area (Å²) in [7, 11) is 0. The molecule has 0 bridgehead atoms. The number of ether oxygens (including phenoxy) is 1. The molecule has 1 fully saturated rings. The van der Waals surface area contributed by atoms with E-state index in [2.05, 4.69) is 24.4 Å². The van der Waals surface area contributed by atoms with Crippen LogP contribution < -0.4 is 5.32 Å². The number of alkyl carbamates (subject to hydrolysis) is 1. The van der Waals surface area contributed by atoms with Crippen molar-refractivity contribution in [2.45, 2.75) is 37.8 Å². The molecule has 0 unspecified atom stereocenters. The standard InChI is InChI=1S/C13H15NO2/c1-12-8-7-9-5-3-4-6-10(9)13(12,2)14-11(15)16-12/h3-6H,7-8H2,1-2H3,(H,14,15)/t12-,13-/m0/s1. The Morgan fingerprint density at radius 3 is 2.88 bits per heavy atom. The van der Waals surface area contributed by atoms with Crippen molar-refractivity contribution in [3.05, 3.63) is 35.4 Å². The molecule has 84 valence electrons. The molecular weight excluding hydrogens is 202 g/mol. The van der Waals surface area contributed by atoms with E-state index in [-0.39, 0.29) is 11.6 Å². The van der Waals surface area contributed by atoms with E-state index in [1.165, 1.54) is 11.1 Å². The Labute approximate surface area is 94.8 Å². The van der Waals surface area contributed by atoms with Gasteiger partial charge < -0.3 is 10.1 Å². The second-order valence-electron chi connectivity index (χ2n) is 5.03. The lowest BCUT2D eigenvalue weighted by atomic mass is 9.68. The maximum absolute atomic E-state index is 11.5. The number of hydrogen-bond acceptors (Lipinski definition) is 2. The number of fused-ring (bicyclic) bond motifs is 3. The van der Waals surface area contributed by atoms with E-state index in [4.69, 9.17) is 4.74 Å². The van der Waals surface area contributed by atoms with Crippen molar-refractivity contribution in [1.82, 2.24) is 5.32 Å². The Hall–Kier alpha value is -1.51. The number of nitrogens with one attached hydrogen (secondary N) is 1. The van der Waals surface area contributed by atoms with Gasteiger partial charge in [0.25, 0.3) is 0 Å². The summed E-state index contributed by atoms with van der Waals surface area (Å²) in [4.78, 5) is 11.5. The van der Waals surface area contributed by atoms with Gasteiger partial charge in [-0.3, -0.25) is 0 Å². The molecule has 1 amide bonds. The summed E-state index contributed by atoms with van der Waals surface area (Å²) in [5, 5.41) is 2.97. The summed E-state index contributed by atoms with van der Waals surface area (Å²) < 4.78 is 5.46. The van der Waals surface area contributed by atoms with Crippen LogP contribution in [0.4, 0.5) is 4.79 Å². The van der Waals surface area contributed by atoms with Crippen molar-refractivity contribution in [3.8, 4) is 0 Å². The number of benzene rings is 1. The fourth-order valence-corrected chi connectivity index (χ4v) is 2.92. The third-order valence-electron chi connectivity index (χ3n) is 4.16. The normalized spacial score (nSPS) is 36.0. The third-order valence-corrected chi connectivity index (χ3v) is 4.16. The van der Waals surface area contributed by atoms with Gasteiger partial charge in [-0.05, 0) is 37.8 Å². The van der Waals surface area contributed by atoms with Crippen LogP contribution in [0.5, 0.6) is 0 Å². The largest absolute Gasteiger partial charge is 0.440 e. The highest BCUT2D eigenvalue weighted by Crippen LogP contribution is 2.47.